The first-order valence-electron chi connectivity index (χ1n) is 8.21. The van der Waals surface area contributed by atoms with E-state index in [-0.39, 0.29) is 12.4 Å². The molecular weight excluding hydrogens is 341 g/mol. The second-order valence-corrected chi connectivity index (χ2v) is 6.91. The Morgan fingerprint density at radius 2 is 1.75 bits per heavy atom. The minimum absolute atomic E-state index is 0. The molecule has 0 saturated carbocycles. The van der Waals surface area contributed by atoms with E-state index in [4.69, 9.17) is 21.6 Å². The van der Waals surface area contributed by atoms with Gasteiger partial charge in [0.1, 0.15) is 0 Å². The Hall–Kier alpha value is -1.42. The Kier molecular flexibility index (Phi) is 4.95. The molecule has 1 saturated heterocycles. The maximum atomic E-state index is 5.98. The topological polar surface area (TPSA) is 28.0 Å². The Morgan fingerprint density at radius 1 is 1.04 bits per heavy atom. The molecule has 5 heteroatoms. The molecule has 0 spiro atoms. The number of hydrogen-bond acceptors (Lipinski definition) is 3. The molecule has 0 amide bonds. The van der Waals surface area contributed by atoms with E-state index < -0.39 is 5.79 Å². The van der Waals surface area contributed by atoms with Gasteiger partial charge in [-0.05, 0) is 55.5 Å². The lowest BCUT2D eigenvalue weighted by Gasteiger charge is -2.29. The highest BCUT2D eigenvalue weighted by Gasteiger charge is 2.34. The van der Waals surface area contributed by atoms with Crippen LogP contribution in [-0.2, 0) is 6.42 Å². The highest BCUT2D eigenvalue weighted by atomic mass is 35.5. The lowest BCUT2D eigenvalue weighted by atomic mass is 10.0. The second-order valence-electron chi connectivity index (χ2n) is 6.48. The molecule has 1 atom stereocenters. The van der Waals surface area contributed by atoms with Crippen molar-refractivity contribution < 1.29 is 0 Å². The van der Waals surface area contributed by atoms with Gasteiger partial charge < -0.3 is 0 Å². The lowest BCUT2D eigenvalue weighted by Crippen LogP contribution is -2.40. The van der Waals surface area contributed by atoms with Gasteiger partial charge in [0.05, 0.1) is 10.7 Å². The van der Waals surface area contributed by atoms with Gasteiger partial charge in [-0.25, -0.2) is 9.98 Å². The van der Waals surface area contributed by atoms with Crippen LogP contribution in [-0.4, -0.2) is 23.8 Å². The van der Waals surface area contributed by atoms with E-state index in [0.717, 1.165) is 35.2 Å². The number of benzene rings is 2. The number of hydrogen-bond donors (Lipinski definition) is 0. The standard InChI is InChI=1S/C19H20ClN3.ClH/c1-19(23-11-2-3-12-23)21-17-6-4-5-15(18(17)22-19)13-14-7-9-16(20)10-8-14;/h4-10H,2-3,11-13H2,1H3;1H. The highest BCUT2D eigenvalue weighted by molar-refractivity contribution is 6.30. The van der Waals surface area contributed by atoms with Crippen LogP contribution in [0.2, 0.25) is 5.02 Å². The van der Waals surface area contributed by atoms with Crippen molar-refractivity contribution in [2.45, 2.75) is 32.0 Å². The molecule has 0 N–H and O–H groups in total. The van der Waals surface area contributed by atoms with Gasteiger partial charge >= 0.3 is 0 Å². The normalized spacial score (nSPS) is 22.4. The van der Waals surface area contributed by atoms with Crippen LogP contribution in [0, 0.1) is 0 Å². The second kappa shape index (κ2) is 6.83. The Morgan fingerprint density at radius 3 is 2.46 bits per heavy atom. The van der Waals surface area contributed by atoms with Crippen molar-refractivity contribution >= 4 is 24.0 Å². The molecule has 0 aromatic heterocycles. The molecule has 0 radical (unpaired) electrons. The van der Waals surface area contributed by atoms with E-state index >= 15 is 0 Å². The molecule has 2 heterocycles. The molecule has 2 aliphatic rings. The van der Waals surface area contributed by atoms with Crippen LogP contribution in [0.1, 0.15) is 30.9 Å². The van der Waals surface area contributed by atoms with Gasteiger partial charge in [0.2, 0.25) is 5.79 Å². The molecule has 4 rings (SSSR count). The van der Waals surface area contributed by atoms with Crippen molar-refractivity contribution in [3.05, 3.63) is 69.3 Å². The fraction of sp³-hybridized carbons (Fsp3) is 0.368. The summed E-state index contributed by atoms with van der Waals surface area (Å²) in [4.78, 5) is 12.3. The van der Waals surface area contributed by atoms with Crippen molar-refractivity contribution in [3.8, 4) is 0 Å². The van der Waals surface area contributed by atoms with Gasteiger partial charge in [-0.15, -0.1) is 12.4 Å². The summed E-state index contributed by atoms with van der Waals surface area (Å²) in [5.74, 6) is -0.422. The predicted molar refractivity (Wildman–Crippen MR) is 99.5 cm³/mol. The van der Waals surface area contributed by atoms with E-state index in [0.29, 0.717) is 0 Å². The third-order valence-electron chi connectivity index (χ3n) is 4.77. The Balaban J connectivity index is 0.00000169. The van der Waals surface area contributed by atoms with E-state index in [1.165, 1.54) is 24.0 Å². The van der Waals surface area contributed by atoms with Crippen LogP contribution in [0.15, 0.2) is 52.4 Å². The van der Waals surface area contributed by atoms with Gasteiger partial charge in [0.25, 0.3) is 0 Å². The van der Waals surface area contributed by atoms with Crippen LogP contribution >= 0.6 is 24.0 Å². The monoisotopic (exact) mass is 361 g/mol. The fourth-order valence-corrected chi connectivity index (χ4v) is 3.64. The minimum Gasteiger partial charge on any atom is -0.261 e. The van der Waals surface area contributed by atoms with Gasteiger partial charge in [-0.3, -0.25) is 4.90 Å². The van der Waals surface area contributed by atoms with Crippen molar-refractivity contribution in [3.63, 3.8) is 0 Å². The third-order valence-corrected chi connectivity index (χ3v) is 5.02. The summed E-state index contributed by atoms with van der Waals surface area (Å²) in [6, 6.07) is 14.3. The van der Waals surface area contributed by atoms with E-state index in [9.17, 15) is 0 Å². The summed E-state index contributed by atoms with van der Waals surface area (Å²) in [7, 11) is 0. The van der Waals surface area contributed by atoms with Crippen molar-refractivity contribution in [2.75, 3.05) is 13.1 Å². The molecular formula is C19H21Cl2N3. The first kappa shape index (κ1) is 17.4. The predicted octanol–water partition coefficient (Wildman–Crippen LogP) is 3.37. The quantitative estimate of drug-likeness (QED) is 0.823. The number of rotatable bonds is 3. The van der Waals surface area contributed by atoms with Crippen molar-refractivity contribution in [1.29, 1.82) is 0 Å². The number of fused-ring (bicyclic) bond motifs is 1. The number of likely N-dealkylation sites (tertiary alicyclic amines) is 1. The smallest absolute Gasteiger partial charge is 0.205 e. The van der Waals surface area contributed by atoms with Crippen LogP contribution < -0.4 is 10.7 Å². The van der Waals surface area contributed by atoms with Gasteiger partial charge in [-0.1, -0.05) is 35.9 Å². The average Bonchev–Trinajstić information content (AvgIpc) is 3.18. The van der Waals surface area contributed by atoms with Crippen molar-refractivity contribution in [1.82, 2.24) is 4.90 Å². The zero-order valence-electron chi connectivity index (χ0n) is 13.7. The summed E-state index contributed by atoms with van der Waals surface area (Å²) in [5, 5.41) is 2.84. The molecule has 3 nitrogen and oxygen atoms in total. The lowest BCUT2D eigenvalue weighted by molar-refractivity contribution is 0.152. The van der Waals surface area contributed by atoms with Gasteiger partial charge in [-0.2, -0.15) is 0 Å². The number of halogens is 2. The number of para-hydroxylation sites is 1. The maximum Gasteiger partial charge on any atom is 0.205 e. The highest BCUT2D eigenvalue weighted by Crippen LogP contribution is 2.24. The molecule has 0 bridgehead atoms. The summed E-state index contributed by atoms with van der Waals surface area (Å²) in [6.07, 6.45) is 3.35. The van der Waals surface area contributed by atoms with Gasteiger partial charge in [0, 0.05) is 18.1 Å². The molecule has 2 aliphatic heterocycles. The Bertz CT molecular complexity index is 842. The van der Waals surface area contributed by atoms with E-state index in [1.807, 2.05) is 12.1 Å². The Labute approximate surface area is 153 Å². The molecule has 2 aromatic rings. The maximum absolute atomic E-state index is 5.98. The van der Waals surface area contributed by atoms with Crippen LogP contribution in [0.3, 0.4) is 0 Å². The zero-order valence-corrected chi connectivity index (χ0v) is 15.3. The van der Waals surface area contributed by atoms with E-state index in [1.54, 1.807) is 0 Å². The summed E-state index contributed by atoms with van der Waals surface area (Å²) in [6.45, 7) is 4.30. The first-order valence-corrected chi connectivity index (χ1v) is 8.59. The van der Waals surface area contributed by atoms with Gasteiger partial charge in [0.15, 0.2) is 0 Å². The zero-order chi connectivity index (χ0) is 15.9. The SMILES string of the molecule is CC1(N2CCCC2)N=c2cccc(Cc3ccc(Cl)cc3)c2=N1.Cl. The molecule has 24 heavy (non-hydrogen) atoms. The molecule has 1 unspecified atom stereocenters. The summed E-state index contributed by atoms with van der Waals surface area (Å²) in [5.41, 5.74) is 2.48. The molecule has 0 aliphatic carbocycles. The minimum atomic E-state index is -0.422. The number of nitrogens with zero attached hydrogens (tertiary/aromatic N) is 3. The molecule has 126 valence electrons. The average molecular weight is 362 g/mol. The molecule has 2 aromatic carbocycles. The summed E-state index contributed by atoms with van der Waals surface area (Å²) < 4.78 is 0. The van der Waals surface area contributed by atoms with Crippen LogP contribution in [0.5, 0.6) is 0 Å². The fourth-order valence-electron chi connectivity index (χ4n) is 3.51. The third kappa shape index (κ3) is 3.21. The van der Waals surface area contributed by atoms with Crippen molar-refractivity contribution in [2.24, 2.45) is 9.98 Å². The first-order chi connectivity index (χ1) is 11.1. The van der Waals surface area contributed by atoms with E-state index in [2.05, 4.69) is 42.2 Å². The van der Waals surface area contributed by atoms with Crippen LogP contribution in [0.4, 0.5) is 0 Å². The molecule has 1 fully saturated rings. The largest absolute Gasteiger partial charge is 0.261 e. The van der Waals surface area contributed by atoms with Crippen LogP contribution in [0.25, 0.3) is 0 Å². The summed E-state index contributed by atoms with van der Waals surface area (Å²) >= 11 is 5.98.